The maximum absolute atomic E-state index is 12.1. The zero-order chi connectivity index (χ0) is 15.5. The van der Waals surface area contributed by atoms with Gasteiger partial charge in [0, 0.05) is 18.5 Å². The molecule has 0 aliphatic carbocycles. The molecule has 0 atom stereocenters. The third-order valence-electron chi connectivity index (χ3n) is 3.25. The molecule has 0 fully saturated rings. The summed E-state index contributed by atoms with van der Waals surface area (Å²) in [6, 6.07) is 5.25. The Morgan fingerprint density at radius 2 is 2.05 bits per heavy atom. The fourth-order valence-electron chi connectivity index (χ4n) is 2.21. The van der Waals surface area contributed by atoms with E-state index < -0.39 is 0 Å². The molecule has 3 rings (SSSR count). The largest absolute Gasteiger partial charge is 0.493 e. The second kappa shape index (κ2) is 5.76. The number of benzene rings is 1. The first kappa shape index (κ1) is 13.9. The number of hydrogen-bond acceptors (Lipinski definition) is 5. The van der Waals surface area contributed by atoms with E-state index in [2.05, 4.69) is 15.2 Å². The molecule has 0 saturated carbocycles. The molecule has 1 aromatic carbocycles. The van der Waals surface area contributed by atoms with E-state index >= 15 is 0 Å². The molecular formula is C14H15N5O3. The summed E-state index contributed by atoms with van der Waals surface area (Å²) >= 11 is 0. The average molecular weight is 301 g/mol. The van der Waals surface area contributed by atoms with Gasteiger partial charge in [-0.05, 0) is 12.1 Å². The van der Waals surface area contributed by atoms with Crippen LogP contribution in [0.2, 0.25) is 0 Å². The Labute approximate surface area is 125 Å². The molecule has 1 N–H and O–H groups in total. The lowest BCUT2D eigenvalue weighted by atomic mass is 10.2. The molecule has 2 heterocycles. The average Bonchev–Trinajstić information content (AvgIpc) is 3.17. The second-order valence-electron chi connectivity index (χ2n) is 4.55. The summed E-state index contributed by atoms with van der Waals surface area (Å²) in [5, 5.41) is 6.54. The lowest BCUT2D eigenvalue weighted by Crippen LogP contribution is -2.18. The number of ether oxygens (including phenoxy) is 2. The highest BCUT2D eigenvalue weighted by Gasteiger charge is 2.13. The van der Waals surface area contributed by atoms with Crippen molar-refractivity contribution in [2.45, 2.75) is 6.54 Å². The van der Waals surface area contributed by atoms with Gasteiger partial charge in [0.15, 0.2) is 17.3 Å². The lowest BCUT2D eigenvalue weighted by Gasteiger charge is -2.11. The molecular weight excluding hydrogens is 286 g/mol. The number of aromatic amines is 1. The van der Waals surface area contributed by atoms with Gasteiger partial charge in [0.2, 0.25) is 0 Å². The zero-order valence-corrected chi connectivity index (χ0v) is 12.2. The van der Waals surface area contributed by atoms with E-state index in [-0.39, 0.29) is 5.69 Å². The van der Waals surface area contributed by atoms with Crippen LogP contribution in [0.5, 0.6) is 11.5 Å². The summed E-state index contributed by atoms with van der Waals surface area (Å²) in [6.45, 7) is 0.424. The second-order valence-corrected chi connectivity index (χ2v) is 4.55. The van der Waals surface area contributed by atoms with Crippen LogP contribution in [0.25, 0.3) is 5.69 Å². The third kappa shape index (κ3) is 2.46. The Morgan fingerprint density at radius 3 is 2.73 bits per heavy atom. The Morgan fingerprint density at radius 1 is 1.23 bits per heavy atom. The topological polar surface area (TPSA) is 87.0 Å². The van der Waals surface area contributed by atoms with E-state index in [1.807, 2.05) is 4.57 Å². The SMILES string of the molecule is COc1ccc(-n2c(Cn3ccnc3)n[nH]c2=O)cc1OC. The first-order valence-electron chi connectivity index (χ1n) is 6.57. The van der Waals surface area contributed by atoms with Crippen LogP contribution in [0.1, 0.15) is 5.82 Å². The minimum Gasteiger partial charge on any atom is -0.493 e. The van der Waals surface area contributed by atoms with E-state index in [0.717, 1.165) is 0 Å². The van der Waals surface area contributed by atoms with E-state index in [1.165, 1.54) is 4.57 Å². The molecule has 0 aliphatic rings. The van der Waals surface area contributed by atoms with Crippen molar-refractivity contribution in [3.63, 3.8) is 0 Å². The predicted molar refractivity (Wildman–Crippen MR) is 78.6 cm³/mol. The molecule has 0 radical (unpaired) electrons. The molecule has 0 unspecified atom stereocenters. The van der Waals surface area contributed by atoms with Crippen LogP contribution in [0.3, 0.4) is 0 Å². The van der Waals surface area contributed by atoms with Crippen molar-refractivity contribution >= 4 is 0 Å². The highest BCUT2D eigenvalue weighted by atomic mass is 16.5. The minimum atomic E-state index is -0.317. The van der Waals surface area contributed by atoms with Gasteiger partial charge in [-0.25, -0.2) is 19.4 Å². The van der Waals surface area contributed by atoms with E-state index in [4.69, 9.17) is 9.47 Å². The molecule has 2 aromatic heterocycles. The highest BCUT2D eigenvalue weighted by Crippen LogP contribution is 2.28. The van der Waals surface area contributed by atoms with Crippen LogP contribution in [0, 0.1) is 0 Å². The van der Waals surface area contributed by atoms with Crippen LogP contribution >= 0.6 is 0 Å². The van der Waals surface area contributed by atoms with Gasteiger partial charge in [0.1, 0.15) is 0 Å². The van der Waals surface area contributed by atoms with Crippen LogP contribution in [-0.4, -0.2) is 38.5 Å². The van der Waals surface area contributed by atoms with E-state index in [1.54, 1.807) is 51.1 Å². The van der Waals surface area contributed by atoms with Crippen molar-refractivity contribution in [2.75, 3.05) is 14.2 Å². The number of nitrogens with one attached hydrogen (secondary N) is 1. The van der Waals surface area contributed by atoms with Gasteiger partial charge in [-0.1, -0.05) is 0 Å². The molecule has 8 heteroatoms. The normalized spacial score (nSPS) is 10.6. The molecule has 0 aliphatic heterocycles. The maximum Gasteiger partial charge on any atom is 0.347 e. The standard InChI is InChI=1S/C14H15N5O3/c1-21-11-4-3-10(7-12(11)22-2)19-13(16-17-14(19)20)8-18-6-5-15-9-18/h3-7,9H,8H2,1-2H3,(H,17,20). The van der Waals surface area contributed by atoms with Crippen molar-refractivity contribution in [3.8, 4) is 17.2 Å². The number of nitrogens with zero attached hydrogens (tertiary/aromatic N) is 4. The number of H-pyrrole nitrogens is 1. The van der Waals surface area contributed by atoms with E-state index in [9.17, 15) is 4.79 Å². The monoisotopic (exact) mass is 301 g/mol. The molecule has 0 saturated heterocycles. The molecule has 8 nitrogen and oxygen atoms in total. The molecule has 114 valence electrons. The summed E-state index contributed by atoms with van der Waals surface area (Å²) in [5.74, 6) is 1.70. The Balaban J connectivity index is 2.04. The van der Waals surface area contributed by atoms with Crippen molar-refractivity contribution in [3.05, 3.63) is 53.2 Å². The van der Waals surface area contributed by atoms with Gasteiger partial charge in [0.05, 0.1) is 32.8 Å². The van der Waals surface area contributed by atoms with Gasteiger partial charge < -0.3 is 14.0 Å². The quantitative estimate of drug-likeness (QED) is 0.754. The fraction of sp³-hybridized carbons (Fsp3) is 0.214. The lowest BCUT2D eigenvalue weighted by molar-refractivity contribution is 0.355. The molecule has 0 amide bonds. The van der Waals surface area contributed by atoms with Crippen LogP contribution in [0.15, 0.2) is 41.7 Å². The molecule has 3 aromatic rings. The summed E-state index contributed by atoms with van der Waals surface area (Å²) in [5.41, 5.74) is 0.328. The van der Waals surface area contributed by atoms with Crippen molar-refractivity contribution < 1.29 is 9.47 Å². The van der Waals surface area contributed by atoms with Crippen molar-refractivity contribution in [1.29, 1.82) is 0 Å². The van der Waals surface area contributed by atoms with Gasteiger partial charge in [-0.2, -0.15) is 5.10 Å². The number of methoxy groups -OCH3 is 2. The Bertz CT molecular complexity index is 819. The van der Waals surface area contributed by atoms with Crippen LogP contribution in [-0.2, 0) is 6.54 Å². The summed E-state index contributed by atoms with van der Waals surface area (Å²) in [4.78, 5) is 16.0. The smallest absolute Gasteiger partial charge is 0.347 e. The zero-order valence-electron chi connectivity index (χ0n) is 12.2. The number of hydrogen-bond donors (Lipinski definition) is 1. The molecule has 0 bridgehead atoms. The number of aromatic nitrogens is 5. The third-order valence-corrected chi connectivity index (χ3v) is 3.25. The van der Waals surface area contributed by atoms with Gasteiger partial charge in [-0.3, -0.25) is 0 Å². The van der Waals surface area contributed by atoms with Crippen LogP contribution < -0.4 is 15.2 Å². The van der Waals surface area contributed by atoms with Gasteiger partial charge in [0.25, 0.3) is 0 Å². The van der Waals surface area contributed by atoms with E-state index in [0.29, 0.717) is 29.6 Å². The number of imidazole rings is 1. The minimum absolute atomic E-state index is 0.317. The Hall–Kier alpha value is -3.03. The first-order chi connectivity index (χ1) is 10.7. The highest BCUT2D eigenvalue weighted by molar-refractivity contribution is 5.49. The summed E-state index contributed by atoms with van der Waals surface area (Å²) in [7, 11) is 3.11. The Kier molecular flexibility index (Phi) is 3.65. The predicted octanol–water partition coefficient (Wildman–Crippen LogP) is 0.823. The van der Waals surface area contributed by atoms with Gasteiger partial charge in [-0.15, -0.1) is 0 Å². The molecule has 22 heavy (non-hydrogen) atoms. The van der Waals surface area contributed by atoms with Crippen molar-refractivity contribution in [1.82, 2.24) is 24.3 Å². The fourth-order valence-corrected chi connectivity index (χ4v) is 2.21. The number of rotatable bonds is 5. The first-order valence-corrected chi connectivity index (χ1v) is 6.57. The van der Waals surface area contributed by atoms with Crippen LogP contribution in [0.4, 0.5) is 0 Å². The summed E-state index contributed by atoms with van der Waals surface area (Å²) in [6.07, 6.45) is 5.14. The summed E-state index contributed by atoms with van der Waals surface area (Å²) < 4.78 is 13.8. The molecule has 0 spiro atoms. The van der Waals surface area contributed by atoms with Gasteiger partial charge >= 0.3 is 5.69 Å². The van der Waals surface area contributed by atoms with Crippen molar-refractivity contribution in [2.24, 2.45) is 0 Å². The maximum atomic E-state index is 12.1.